The van der Waals surface area contributed by atoms with Gasteiger partial charge in [-0.25, -0.2) is 0 Å². The normalized spacial score (nSPS) is 12.6. The molecule has 3 heteroatoms. The summed E-state index contributed by atoms with van der Waals surface area (Å²) < 4.78 is 1.23. The minimum absolute atomic E-state index is 0.156. The van der Waals surface area contributed by atoms with E-state index < -0.39 is 0 Å². The Balaban J connectivity index is 2.48. The van der Waals surface area contributed by atoms with Crippen LogP contribution in [0.15, 0.2) is 29.6 Å². The molecule has 1 heterocycles. The Kier molecular flexibility index (Phi) is 2.49. The maximum Gasteiger partial charge on any atom is 0.0641 e. The molecule has 0 spiro atoms. The number of nitrogens with zero attached hydrogens (tertiary/aromatic N) is 1. The number of thiophene rings is 1. The molecular weight excluding hydrogens is 192 g/mol. The molecule has 1 aromatic heterocycles. The Labute approximate surface area is 86.6 Å². The molecule has 0 bridgehead atoms. The van der Waals surface area contributed by atoms with E-state index >= 15 is 0 Å². The van der Waals surface area contributed by atoms with Crippen LogP contribution >= 0.6 is 11.3 Å². The fourth-order valence-electron chi connectivity index (χ4n) is 1.49. The van der Waals surface area contributed by atoms with Crippen LogP contribution in [0.4, 0.5) is 0 Å². The molecule has 2 rings (SSSR count). The number of nitrogens with two attached hydrogens (primary N) is 1. The van der Waals surface area contributed by atoms with Gasteiger partial charge in [-0.15, -0.1) is 11.3 Å². The predicted octanol–water partition coefficient (Wildman–Crippen LogP) is 2.81. The number of hydrogen-bond donors (Lipinski definition) is 1. The second kappa shape index (κ2) is 3.79. The molecule has 0 saturated heterocycles. The number of hydrogen-bond acceptors (Lipinski definition) is 3. The quantitative estimate of drug-likeness (QED) is 0.814. The lowest BCUT2D eigenvalue weighted by Crippen LogP contribution is -2.08. The van der Waals surface area contributed by atoms with Crippen molar-refractivity contribution in [3.8, 4) is 6.07 Å². The maximum absolute atomic E-state index is 8.58. The molecule has 0 aliphatic heterocycles. The van der Waals surface area contributed by atoms with E-state index in [1.807, 2.05) is 17.5 Å². The van der Waals surface area contributed by atoms with Crippen molar-refractivity contribution in [2.75, 3.05) is 0 Å². The van der Waals surface area contributed by atoms with E-state index in [4.69, 9.17) is 11.0 Å². The van der Waals surface area contributed by atoms with Crippen LogP contribution < -0.4 is 5.73 Å². The van der Waals surface area contributed by atoms with Gasteiger partial charge in [0.2, 0.25) is 0 Å². The van der Waals surface area contributed by atoms with Gasteiger partial charge >= 0.3 is 0 Å². The Hall–Kier alpha value is -1.37. The Bertz CT molecular complexity index is 481. The molecule has 1 aromatic carbocycles. The van der Waals surface area contributed by atoms with Gasteiger partial charge in [-0.1, -0.05) is 18.2 Å². The zero-order valence-electron chi connectivity index (χ0n) is 7.60. The second-order valence-corrected chi connectivity index (χ2v) is 4.07. The highest BCUT2D eigenvalue weighted by atomic mass is 32.1. The van der Waals surface area contributed by atoms with E-state index in [9.17, 15) is 0 Å². The van der Waals surface area contributed by atoms with Crippen LogP contribution in [0.1, 0.15) is 18.0 Å². The summed E-state index contributed by atoms with van der Waals surface area (Å²) >= 11 is 1.68. The Morgan fingerprint density at radius 1 is 1.43 bits per heavy atom. The van der Waals surface area contributed by atoms with Crippen molar-refractivity contribution in [1.82, 2.24) is 0 Å². The highest BCUT2D eigenvalue weighted by molar-refractivity contribution is 7.17. The van der Waals surface area contributed by atoms with Crippen molar-refractivity contribution < 1.29 is 0 Å². The summed E-state index contributed by atoms with van der Waals surface area (Å²) in [5, 5.41) is 11.8. The molecule has 0 radical (unpaired) electrons. The minimum Gasteiger partial charge on any atom is -0.323 e. The van der Waals surface area contributed by atoms with Crippen molar-refractivity contribution in [2.24, 2.45) is 5.73 Å². The number of rotatable bonds is 2. The third-order valence-electron chi connectivity index (χ3n) is 2.22. The molecule has 2 N–H and O–H groups in total. The maximum atomic E-state index is 8.58. The average Bonchev–Trinajstić information content (AvgIpc) is 2.61. The van der Waals surface area contributed by atoms with Gasteiger partial charge in [-0.05, 0) is 22.4 Å². The standard InChI is InChI=1S/C11H10N2S/c12-6-5-10(13)9-7-14-11-4-2-1-3-8(9)11/h1-4,7,10H,5,13H2. The minimum atomic E-state index is -0.156. The van der Waals surface area contributed by atoms with Crippen molar-refractivity contribution in [2.45, 2.75) is 12.5 Å². The average molecular weight is 202 g/mol. The number of fused-ring (bicyclic) bond motifs is 1. The largest absolute Gasteiger partial charge is 0.323 e. The first-order valence-corrected chi connectivity index (χ1v) is 5.29. The molecule has 70 valence electrons. The van der Waals surface area contributed by atoms with E-state index in [0.29, 0.717) is 6.42 Å². The van der Waals surface area contributed by atoms with E-state index in [1.54, 1.807) is 11.3 Å². The number of nitriles is 1. The molecule has 2 nitrogen and oxygen atoms in total. The van der Waals surface area contributed by atoms with E-state index in [2.05, 4.69) is 18.2 Å². The van der Waals surface area contributed by atoms with Crippen LogP contribution in [0, 0.1) is 11.3 Å². The second-order valence-electron chi connectivity index (χ2n) is 3.16. The molecule has 1 unspecified atom stereocenters. The molecule has 0 saturated carbocycles. The van der Waals surface area contributed by atoms with Crippen LogP contribution in [0.5, 0.6) is 0 Å². The van der Waals surface area contributed by atoms with Gasteiger partial charge in [-0.2, -0.15) is 5.26 Å². The first kappa shape index (κ1) is 9.20. The molecule has 1 atom stereocenters. The molecule has 14 heavy (non-hydrogen) atoms. The zero-order chi connectivity index (χ0) is 9.97. The molecule has 0 aliphatic rings. The first-order chi connectivity index (χ1) is 6.83. The first-order valence-electron chi connectivity index (χ1n) is 4.41. The third kappa shape index (κ3) is 1.50. The summed E-state index contributed by atoms with van der Waals surface area (Å²) in [6.45, 7) is 0. The van der Waals surface area contributed by atoms with Crippen molar-refractivity contribution in [3.05, 3.63) is 35.2 Å². The van der Waals surface area contributed by atoms with E-state index in [1.165, 1.54) is 10.1 Å². The van der Waals surface area contributed by atoms with Crippen LogP contribution in [0.2, 0.25) is 0 Å². The smallest absolute Gasteiger partial charge is 0.0641 e. The van der Waals surface area contributed by atoms with Crippen LogP contribution in [-0.4, -0.2) is 0 Å². The molecule has 0 amide bonds. The van der Waals surface area contributed by atoms with Gasteiger partial charge in [0.25, 0.3) is 0 Å². The summed E-state index contributed by atoms with van der Waals surface area (Å²) in [7, 11) is 0. The monoisotopic (exact) mass is 202 g/mol. The van der Waals surface area contributed by atoms with Gasteiger partial charge in [0, 0.05) is 10.7 Å². The highest BCUT2D eigenvalue weighted by Gasteiger charge is 2.10. The Morgan fingerprint density at radius 3 is 3.00 bits per heavy atom. The van der Waals surface area contributed by atoms with Crippen LogP contribution in [0.3, 0.4) is 0 Å². The summed E-state index contributed by atoms with van der Waals surface area (Å²) in [6, 6.07) is 10.1. The zero-order valence-corrected chi connectivity index (χ0v) is 8.42. The molecule has 0 aliphatic carbocycles. The van der Waals surface area contributed by atoms with Gasteiger partial charge in [0.15, 0.2) is 0 Å². The molecule has 2 aromatic rings. The third-order valence-corrected chi connectivity index (χ3v) is 3.20. The van der Waals surface area contributed by atoms with E-state index in [-0.39, 0.29) is 6.04 Å². The fraction of sp³-hybridized carbons (Fsp3) is 0.182. The SMILES string of the molecule is N#CCC(N)c1csc2ccccc12. The summed E-state index contributed by atoms with van der Waals surface area (Å²) in [6.07, 6.45) is 0.376. The summed E-state index contributed by atoms with van der Waals surface area (Å²) in [5.74, 6) is 0. The van der Waals surface area contributed by atoms with Crippen molar-refractivity contribution in [3.63, 3.8) is 0 Å². The predicted molar refractivity (Wildman–Crippen MR) is 59.0 cm³/mol. The van der Waals surface area contributed by atoms with Gasteiger partial charge < -0.3 is 5.73 Å². The lowest BCUT2D eigenvalue weighted by molar-refractivity contribution is 0.758. The molecular formula is C11H10N2S. The Morgan fingerprint density at radius 2 is 2.21 bits per heavy atom. The van der Waals surface area contributed by atoms with Crippen LogP contribution in [-0.2, 0) is 0 Å². The lowest BCUT2D eigenvalue weighted by atomic mass is 10.0. The van der Waals surface area contributed by atoms with Gasteiger partial charge in [0.05, 0.1) is 12.5 Å². The molecule has 0 fully saturated rings. The summed E-state index contributed by atoms with van der Waals surface area (Å²) in [5.41, 5.74) is 6.99. The van der Waals surface area contributed by atoms with Gasteiger partial charge in [0.1, 0.15) is 0 Å². The topological polar surface area (TPSA) is 49.8 Å². The van der Waals surface area contributed by atoms with Crippen molar-refractivity contribution in [1.29, 1.82) is 5.26 Å². The lowest BCUT2D eigenvalue weighted by Gasteiger charge is -2.05. The highest BCUT2D eigenvalue weighted by Crippen LogP contribution is 2.30. The van der Waals surface area contributed by atoms with Crippen LogP contribution in [0.25, 0.3) is 10.1 Å². The van der Waals surface area contributed by atoms with Gasteiger partial charge in [-0.3, -0.25) is 0 Å². The summed E-state index contributed by atoms with van der Waals surface area (Å²) in [4.78, 5) is 0. The van der Waals surface area contributed by atoms with E-state index in [0.717, 1.165) is 5.56 Å². The fourth-order valence-corrected chi connectivity index (χ4v) is 2.52. The van der Waals surface area contributed by atoms with Crippen molar-refractivity contribution >= 4 is 21.4 Å². The number of benzene rings is 1.